The van der Waals surface area contributed by atoms with Crippen LogP contribution in [0, 0.1) is 5.92 Å². The molecule has 0 unspecified atom stereocenters. The van der Waals surface area contributed by atoms with Crippen LogP contribution in [0.5, 0.6) is 0 Å². The summed E-state index contributed by atoms with van der Waals surface area (Å²) in [5.41, 5.74) is 0. The molecule has 0 heterocycles. The van der Waals surface area contributed by atoms with Crippen LogP contribution in [0.1, 0.15) is 20.3 Å². The number of carbonyl (C=O) groups is 1. The highest BCUT2D eigenvalue weighted by Crippen LogP contribution is 1.98. The third-order valence-electron chi connectivity index (χ3n) is 1.08. The molecule has 1 N–H and O–H groups in total. The molecule has 3 nitrogen and oxygen atoms in total. The van der Waals surface area contributed by atoms with Gasteiger partial charge >= 0.3 is 6.09 Å². The van der Waals surface area contributed by atoms with Crippen LogP contribution in [0.2, 0.25) is 0 Å². The van der Waals surface area contributed by atoms with Crippen LogP contribution in [0.4, 0.5) is 4.79 Å². The van der Waals surface area contributed by atoms with E-state index in [1.807, 2.05) is 13.8 Å². The number of alkyl carbamates (subject to hydrolysis) is 1. The summed E-state index contributed by atoms with van der Waals surface area (Å²) >= 11 is 0. The van der Waals surface area contributed by atoms with Gasteiger partial charge in [0.05, 0.1) is 7.11 Å². The average Bonchev–Trinajstić information content (AvgIpc) is 1.87. The lowest BCUT2D eigenvalue weighted by molar-refractivity contribution is 0.171. The number of hydrogen-bond donors (Lipinski definition) is 1. The minimum atomic E-state index is -0.360. The Bertz CT molecular complexity index is 102. The van der Waals surface area contributed by atoms with Crippen LogP contribution in [0.15, 0.2) is 0 Å². The average molecular weight is 144 g/mol. The van der Waals surface area contributed by atoms with Gasteiger partial charge in [-0.1, -0.05) is 13.8 Å². The molecule has 0 aliphatic heterocycles. The molecule has 0 fully saturated rings. The van der Waals surface area contributed by atoms with Crippen molar-refractivity contribution in [1.29, 1.82) is 0 Å². The molecule has 0 aliphatic rings. The van der Waals surface area contributed by atoms with Gasteiger partial charge in [-0.25, -0.2) is 4.79 Å². The topological polar surface area (TPSA) is 38.3 Å². The van der Waals surface area contributed by atoms with Crippen molar-refractivity contribution in [2.45, 2.75) is 20.3 Å². The largest absolute Gasteiger partial charge is 0.453 e. The number of ether oxygens (including phenoxy) is 1. The van der Waals surface area contributed by atoms with Gasteiger partial charge in [0.2, 0.25) is 0 Å². The molecule has 59 valence electrons. The summed E-state index contributed by atoms with van der Waals surface area (Å²) in [5.74, 6) is 1.30. The molecule has 0 spiro atoms. The van der Waals surface area contributed by atoms with Crippen LogP contribution < -0.4 is 5.32 Å². The van der Waals surface area contributed by atoms with Crippen molar-refractivity contribution in [2.24, 2.45) is 0 Å². The quantitative estimate of drug-likeness (QED) is 0.649. The summed E-state index contributed by atoms with van der Waals surface area (Å²) in [6.07, 6.45) is 0.552. The fourth-order valence-electron chi connectivity index (χ4n) is 0.487. The third-order valence-corrected chi connectivity index (χ3v) is 1.08. The number of nitrogens with one attached hydrogen (secondary N) is 1. The molecule has 0 saturated carbocycles. The normalized spacial score (nSPS) is 9.60. The maximum atomic E-state index is 10.5. The Kier molecular flexibility index (Phi) is 4.72. The van der Waals surface area contributed by atoms with Crippen LogP contribution in [-0.2, 0) is 4.74 Å². The number of methoxy groups -OCH3 is 1. The number of carbonyl (C=O) groups excluding carboxylic acids is 1. The molecule has 1 radical (unpaired) electrons. The van der Waals surface area contributed by atoms with Gasteiger partial charge in [0.1, 0.15) is 0 Å². The van der Waals surface area contributed by atoms with Gasteiger partial charge < -0.3 is 10.1 Å². The minimum absolute atomic E-state index is 0.360. The molecule has 0 rings (SSSR count). The molecule has 10 heavy (non-hydrogen) atoms. The first kappa shape index (κ1) is 9.27. The Hall–Kier alpha value is -0.730. The Labute approximate surface area is 61.8 Å². The fourth-order valence-corrected chi connectivity index (χ4v) is 0.487. The van der Waals surface area contributed by atoms with Crippen molar-refractivity contribution in [3.05, 3.63) is 5.92 Å². The van der Waals surface area contributed by atoms with Crippen molar-refractivity contribution in [1.82, 2.24) is 5.32 Å². The molecule has 0 saturated heterocycles. The summed E-state index contributed by atoms with van der Waals surface area (Å²) in [6.45, 7) is 4.72. The fraction of sp³-hybridized carbons (Fsp3) is 0.714. The van der Waals surface area contributed by atoms with Crippen molar-refractivity contribution in [3.63, 3.8) is 0 Å². The number of amides is 1. The van der Waals surface area contributed by atoms with E-state index in [9.17, 15) is 4.79 Å². The van der Waals surface area contributed by atoms with Crippen molar-refractivity contribution in [3.8, 4) is 0 Å². The van der Waals surface area contributed by atoms with Crippen molar-refractivity contribution < 1.29 is 9.53 Å². The van der Waals surface area contributed by atoms with E-state index in [-0.39, 0.29) is 6.09 Å². The lowest BCUT2D eigenvalue weighted by atomic mass is 10.1. The van der Waals surface area contributed by atoms with E-state index >= 15 is 0 Å². The maximum Gasteiger partial charge on any atom is 0.406 e. The van der Waals surface area contributed by atoms with E-state index in [1.165, 1.54) is 13.0 Å². The van der Waals surface area contributed by atoms with Gasteiger partial charge in [0, 0.05) is 6.54 Å². The summed E-state index contributed by atoms with van der Waals surface area (Å²) in [5, 5.41) is 2.58. The molecule has 0 aromatic carbocycles. The number of rotatable bonds is 3. The zero-order chi connectivity index (χ0) is 7.98. The zero-order valence-corrected chi connectivity index (χ0v) is 6.73. The highest BCUT2D eigenvalue weighted by molar-refractivity contribution is 5.66. The highest BCUT2D eigenvalue weighted by Gasteiger charge is 1.97. The smallest absolute Gasteiger partial charge is 0.406 e. The first-order valence-electron chi connectivity index (χ1n) is 3.27. The molecular weight excluding hydrogens is 130 g/mol. The van der Waals surface area contributed by atoms with Crippen LogP contribution in [0.25, 0.3) is 0 Å². The summed E-state index contributed by atoms with van der Waals surface area (Å²) in [6, 6.07) is 0. The van der Waals surface area contributed by atoms with Crippen molar-refractivity contribution >= 4 is 6.09 Å². The predicted octanol–water partition coefficient (Wildman–Crippen LogP) is 1.35. The van der Waals surface area contributed by atoms with E-state index in [2.05, 4.69) is 10.1 Å². The highest BCUT2D eigenvalue weighted by atomic mass is 16.5. The van der Waals surface area contributed by atoms with E-state index in [0.717, 1.165) is 6.42 Å². The summed E-state index contributed by atoms with van der Waals surface area (Å²) in [7, 11) is 1.36. The van der Waals surface area contributed by atoms with Crippen molar-refractivity contribution in [2.75, 3.05) is 13.7 Å². The van der Waals surface area contributed by atoms with Gasteiger partial charge in [-0.2, -0.15) is 0 Å². The second-order valence-electron chi connectivity index (χ2n) is 2.38. The lowest BCUT2D eigenvalue weighted by Crippen LogP contribution is -2.24. The molecular formula is C7H14NO2. The number of hydrogen-bond acceptors (Lipinski definition) is 2. The van der Waals surface area contributed by atoms with Gasteiger partial charge in [0.25, 0.3) is 0 Å². The maximum absolute atomic E-state index is 10.5. The zero-order valence-electron chi connectivity index (χ0n) is 6.73. The standard InChI is InChI=1S/C7H14NO2/c1-6(2)4-5-8-7(9)10-3/h4-5H2,1-3H3,(H,8,9). The van der Waals surface area contributed by atoms with Crippen LogP contribution >= 0.6 is 0 Å². The lowest BCUT2D eigenvalue weighted by Gasteiger charge is -2.04. The van der Waals surface area contributed by atoms with E-state index in [0.29, 0.717) is 6.54 Å². The third kappa shape index (κ3) is 5.41. The van der Waals surface area contributed by atoms with Gasteiger partial charge in [-0.05, 0) is 12.3 Å². The first-order valence-corrected chi connectivity index (χ1v) is 3.27. The molecule has 0 atom stereocenters. The molecule has 1 amide bonds. The van der Waals surface area contributed by atoms with Crippen LogP contribution in [0.3, 0.4) is 0 Å². The first-order chi connectivity index (χ1) is 4.66. The van der Waals surface area contributed by atoms with Gasteiger partial charge in [-0.3, -0.25) is 0 Å². The Morgan fingerprint density at radius 2 is 2.10 bits per heavy atom. The molecule has 0 aromatic heterocycles. The van der Waals surface area contributed by atoms with E-state index in [4.69, 9.17) is 0 Å². The minimum Gasteiger partial charge on any atom is -0.453 e. The SMILES string of the molecule is COC(=O)NCC[C](C)C. The summed E-state index contributed by atoms with van der Waals surface area (Å²) in [4.78, 5) is 10.5. The van der Waals surface area contributed by atoms with Crippen LogP contribution in [-0.4, -0.2) is 19.7 Å². The Balaban J connectivity index is 3.12. The second kappa shape index (κ2) is 5.09. The summed E-state index contributed by atoms with van der Waals surface area (Å²) < 4.78 is 4.37. The Morgan fingerprint density at radius 1 is 1.50 bits per heavy atom. The monoisotopic (exact) mass is 144 g/mol. The Morgan fingerprint density at radius 3 is 2.50 bits per heavy atom. The second-order valence-corrected chi connectivity index (χ2v) is 2.38. The molecule has 0 aromatic rings. The van der Waals surface area contributed by atoms with E-state index in [1.54, 1.807) is 0 Å². The molecule has 0 bridgehead atoms. The van der Waals surface area contributed by atoms with Gasteiger partial charge in [-0.15, -0.1) is 0 Å². The van der Waals surface area contributed by atoms with Gasteiger partial charge in [0.15, 0.2) is 0 Å². The predicted molar refractivity (Wildman–Crippen MR) is 39.6 cm³/mol. The molecule has 3 heteroatoms. The molecule has 0 aliphatic carbocycles. The van der Waals surface area contributed by atoms with E-state index < -0.39 is 0 Å².